The van der Waals surface area contributed by atoms with Crippen LogP contribution in [0.3, 0.4) is 0 Å². The first kappa shape index (κ1) is 17.1. The molecule has 0 aliphatic rings. The lowest BCUT2D eigenvalue weighted by Crippen LogP contribution is -2.20. The second-order valence-corrected chi connectivity index (χ2v) is 5.22. The van der Waals surface area contributed by atoms with Crippen LogP contribution in [0.1, 0.15) is 30.2 Å². The maximum Gasteiger partial charge on any atom is 0.269 e. The summed E-state index contributed by atoms with van der Waals surface area (Å²) in [5.74, 6) is -0.323. The number of rotatable bonds is 6. The molecule has 1 aromatic carbocycles. The number of H-pyrrole nitrogens is 2. The lowest BCUT2D eigenvalue weighted by atomic mass is 10.1. The number of hydrogen-bond donors (Lipinski definition) is 3. The molecule has 3 N–H and O–H groups in total. The van der Waals surface area contributed by atoms with Crippen LogP contribution in [-0.4, -0.2) is 26.7 Å². The molecule has 0 fully saturated rings. The Kier molecular flexibility index (Phi) is 5.25. The minimum absolute atomic E-state index is 0.0114. The molecular formula is C15H17N5O4. The molecule has 1 heterocycles. The predicted molar refractivity (Wildman–Crippen MR) is 87.9 cm³/mol. The molecule has 0 aliphatic heterocycles. The summed E-state index contributed by atoms with van der Waals surface area (Å²) in [5.41, 5.74) is 4.61. The highest BCUT2D eigenvalue weighted by atomic mass is 16.6. The van der Waals surface area contributed by atoms with Gasteiger partial charge in [-0.05, 0) is 38.0 Å². The summed E-state index contributed by atoms with van der Waals surface area (Å²) in [4.78, 5) is 33.4. The monoisotopic (exact) mass is 331 g/mol. The minimum atomic E-state index is -0.483. The molecule has 2 rings (SSSR count). The fourth-order valence-electron chi connectivity index (χ4n) is 2.10. The number of nitrogens with zero attached hydrogens (tertiary/aromatic N) is 2. The number of amides is 1. The SMILES string of the molecule is C/C(=N/NC(=O)CCc1c(C)[nH][nH]c1=O)c1ccc([N+](=O)[O-])cc1. The highest BCUT2D eigenvalue weighted by Gasteiger charge is 2.09. The van der Waals surface area contributed by atoms with E-state index in [2.05, 4.69) is 20.7 Å². The van der Waals surface area contributed by atoms with Crippen LogP contribution in [-0.2, 0) is 11.2 Å². The molecule has 126 valence electrons. The van der Waals surface area contributed by atoms with Crippen LogP contribution in [0.4, 0.5) is 5.69 Å². The van der Waals surface area contributed by atoms with E-state index in [1.165, 1.54) is 12.1 Å². The van der Waals surface area contributed by atoms with Crippen LogP contribution < -0.4 is 11.0 Å². The highest BCUT2D eigenvalue weighted by Crippen LogP contribution is 2.12. The number of nitrogens with one attached hydrogen (secondary N) is 3. The van der Waals surface area contributed by atoms with Gasteiger partial charge in [0.2, 0.25) is 5.91 Å². The van der Waals surface area contributed by atoms with E-state index in [1.54, 1.807) is 26.0 Å². The van der Waals surface area contributed by atoms with Gasteiger partial charge in [0.05, 0.1) is 10.6 Å². The quantitative estimate of drug-likeness (QED) is 0.419. The van der Waals surface area contributed by atoms with Crippen molar-refractivity contribution in [3.05, 3.63) is 61.6 Å². The number of carbonyl (C=O) groups excluding carboxylic acids is 1. The number of aromatic amines is 2. The van der Waals surface area contributed by atoms with Gasteiger partial charge in [-0.25, -0.2) is 5.43 Å². The van der Waals surface area contributed by atoms with E-state index in [0.29, 0.717) is 29.0 Å². The van der Waals surface area contributed by atoms with E-state index in [0.717, 1.165) is 0 Å². The first-order valence-electron chi connectivity index (χ1n) is 7.22. The summed E-state index contributed by atoms with van der Waals surface area (Å²) in [6.07, 6.45) is 0.432. The zero-order chi connectivity index (χ0) is 17.7. The zero-order valence-corrected chi connectivity index (χ0v) is 13.3. The van der Waals surface area contributed by atoms with Gasteiger partial charge in [0.15, 0.2) is 0 Å². The molecule has 0 bridgehead atoms. The number of aromatic nitrogens is 2. The van der Waals surface area contributed by atoms with Gasteiger partial charge in [-0.15, -0.1) is 0 Å². The standard InChI is InChI=1S/C15H17N5O4/c1-9(11-3-5-12(6-4-11)20(23)24)16-18-14(21)8-7-13-10(2)17-19-15(13)22/h3-6H,7-8H2,1-2H3,(H,18,21)(H2,17,19,22)/b16-9-. The lowest BCUT2D eigenvalue weighted by Gasteiger charge is -2.03. The van der Waals surface area contributed by atoms with Crippen molar-refractivity contribution in [1.29, 1.82) is 0 Å². The average Bonchev–Trinajstić information content (AvgIpc) is 2.89. The molecule has 1 aromatic heterocycles. The largest absolute Gasteiger partial charge is 0.302 e. The highest BCUT2D eigenvalue weighted by molar-refractivity contribution is 5.99. The van der Waals surface area contributed by atoms with Gasteiger partial charge < -0.3 is 5.10 Å². The number of hydrogen-bond acceptors (Lipinski definition) is 5. The Bertz CT molecular complexity index is 832. The topological polar surface area (TPSA) is 133 Å². The van der Waals surface area contributed by atoms with E-state index in [9.17, 15) is 19.7 Å². The van der Waals surface area contributed by atoms with Crippen molar-refractivity contribution in [1.82, 2.24) is 15.6 Å². The molecule has 2 aromatic rings. The first-order chi connectivity index (χ1) is 11.4. The van der Waals surface area contributed by atoms with E-state index in [-0.39, 0.29) is 23.6 Å². The number of aryl methyl sites for hydroxylation is 1. The molecule has 0 atom stereocenters. The van der Waals surface area contributed by atoms with Crippen molar-refractivity contribution >= 4 is 17.3 Å². The molecule has 24 heavy (non-hydrogen) atoms. The van der Waals surface area contributed by atoms with Crippen LogP contribution in [0.5, 0.6) is 0 Å². The summed E-state index contributed by atoms with van der Waals surface area (Å²) < 4.78 is 0. The van der Waals surface area contributed by atoms with Crippen molar-refractivity contribution < 1.29 is 9.72 Å². The van der Waals surface area contributed by atoms with Crippen LogP contribution in [0.2, 0.25) is 0 Å². The molecular weight excluding hydrogens is 314 g/mol. The van der Waals surface area contributed by atoms with Gasteiger partial charge in [-0.1, -0.05) is 0 Å². The first-order valence-corrected chi connectivity index (χ1v) is 7.22. The maximum atomic E-state index is 11.8. The smallest absolute Gasteiger partial charge is 0.269 e. The van der Waals surface area contributed by atoms with Gasteiger partial charge in [0.25, 0.3) is 11.2 Å². The molecule has 9 nitrogen and oxygen atoms in total. The molecule has 0 saturated carbocycles. The van der Waals surface area contributed by atoms with Crippen LogP contribution >= 0.6 is 0 Å². The third-order valence-corrected chi connectivity index (χ3v) is 3.54. The molecule has 0 spiro atoms. The van der Waals surface area contributed by atoms with E-state index >= 15 is 0 Å². The Morgan fingerprint density at radius 1 is 1.29 bits per heavy atom. The third kappa shape index (κ3) is 4.15. The average molecular weight is 331 g/mol. The number of nitro benzene ring substituents is 1. The summed E-state index contributed by atoms with van der Waals surface area (Å²) in [6.45, 7) is 3.44. The van der Waals surface area contributed by atoms with Gasteiger partial charge in [0, 0.05) is 29.8 Å². The molecule has 0 saturated heterocycles. The third-order valence-electron chi connectivity index (χ3n) is 3.54. The number of non-ortho nitro benzene ring substituents is 1. The van der Waals surface area contributed by atoms with E-state index in [4.69, 9.17) is 0 Å². The molecule has 0 unspecified atom stereocenters. The van der Waals surface area contributed by atoms with Crippen molar-refractivity contribution in [2.75, 3.05) is 0 Å². The van der Waals surface area contributed by atoms with Crippen molar-refractivity contribution in [3.8, 4) is 0 Å². The molecule has 9 heteroatoms. The Morgan fingerprint density at radius 3 is 2.50 bits per heavy atom. The molecule has 0 aliphatic carbocycles. The Balaban J connectivity index is 1.93. The Morgan fingerprint density at radius 2 is 1.96 bits per heavy atom. The summed E-state index contributed by atoms with van der Waals surface area (Å²) in [5, 5.41) is 19.7. The number of nitro groups is 1. The van der Waals surface area contributed by atoms with Crippen LogP contribution in [0.25, 0.3) is 0 Å². The normalized spacial score (nSPS) is 11.3. The maximum absolute atomic E-state index is 11.8. The van der Waals surface area contributed by atoms with Gasteiger partial charge in [-0.2, -0.15) is 5.10 Å². The number of carbonyl (C=O) groups is 1. The zero-order valence-electron chi connectivity index (χ0n) is 13.3. The second kappa shape index (κ2) is 7.36. The van der Waals surface area contributed by atoms with Gasteiger partial charge in [0.1, 0.15) is 0 Å². The van der Waals surface area contributed by atoms with Crippen molar-refractivity contribution in [2.24, 2.45) is 5.10 Å². The van der Waals surface area contributed by atoms with Gasteiger partial charge in [-0.3, -0.25) is 24.8 Å². The second-order valence-electron chi connectivity index (χ2n) is 5.22. The minimum Gasteiger partial charge on any atom is -0.302 e. The predicted octanol–water partition coefficient (Wildman–Crippen LogP) is 1.39. The van der Waals surface area contributed by atoms with Crippen molar-refractivity contribution in [2.45, 2.75) is 26.7 Å². The number of hydrazone groups is 1. The Labute approximate surface area is 136 Å². The van der Waals surface area contributed by atoms with Crippen LogP contribution in [0.15, 0.2) is 34.2 Å². The Hall–Kier alpha value is -3.23. The molecule has 1 amide bonds. The summed E-state index contributed by atoms with van der Waals surface area (Å²) in [7, 11) is 0. The lowest BCUT2D eigenvalue weighted by molar-refractivity contribution is -0.384. The molecule has 0 radical (unpaired) electrons. The number of benzene rings is 1. The van der Waals surface area contributed by atoms with Gasteiger partial charge >= 0.3 is 0 Å². The van der Waals surface area contributed by atoms with Crippen molar-refractivity contribution in [3.63, 3.8) is 0 Å². The summed E-state index contributed by atoms with van der Waals surface area (Å²) in [6, 6.07) is 5.87. The fourth-order valence-corrected chi connectivity index (χ4v) is 2.10. The van der Waals surface area contributed by atoms with E-state index in [1.807, 2.05) is 0 Å². The van der Waals surface area contributed by atoms with E-state index < -0.39 is 4.92 Å². The van der Waals surface area contributed by atoms with Crippen LogP contribution in [0, 0.1) is 17.0 Å². The summed E-state index contributed by atoms with van der Waals surface area (Å²) >= 11 is 0. The fraction of sp³-hybridized carbons (Fsp3) is 0.267.